The molecule has 1 aromatic carbocycles. The van der Waals surface area contributed by atoms with Crippen LogP contribution in [-0.4, -0.2) is 34.4 Å². The molecule has 3 heterocycles. The van der Waals surface area contributed by atoms with Gasteiger partial charge in [0.1, 0.15) is 12.0 Å². The maximum atomic E-state index is 14.5. The van der Waals surface area contributed by atoms with Gasteiger partial charge in [0, 0.05) is 24.0 Å². The zero-order valence-corrected chi connectivity index (χ0v) is 16.5. The Morgan fingerprint density at radius 1 is 1.20 bits per heavy atom. The molecule has 1 saturated heterocycles. The maximum Gasteiger partial charge on any atom is 0.266 e. The van der Waals surface area contributed by atoms with Gasteiger partial charge in [-0.2, -0.15) is 5.10 Å². The molecule has 2 atom stereocenters. The predicted octanol–water partition coefficient (Wildman–Crippen LogP) is 5.13. The Balaban J connectivity index is 1.70. The van der Waals surface area contributed by atoms with Crippen molar-refractivity contribution in [3.8, 4) is 0 Å². The molecule has 0 amide bonds. The zero-order chi connectivity index (χ0) is 21.4. The van der Waals surface area contributed by atoms with Crippen molar-refractivity contribution in [1.82, 2.24) is 15.2 Å². The van der Waals surface area contributed by atoms with Crippen molar-refractivity contribution >= 4 is 22.4 Å². The lowest BCUT2D eigenvalue weighted by Gasteiger charge is -2.20. The molecular weight excluding hydrogens is 398 g/mol. The van der Waals surface area contributed by atoms with Crippen LogP contribution in [0.4, 0.5) is 29.1 Å². The van der Waals surface area contributed by atoms with Crippen molar-refractivity contribution in [3.63, 3.8) is 0 Å². The Morgan fingerprint density at radius 2 is 1.97 bits per heavy atom. The number of rotatable bonds is 5. The van der Waals surface area contributed by atoms with Crippen LogP contribution in [0.15, 0.2) is 30.5 Å². The molecule has 0 unspecified atom stereocenters. The number of benzene rings is 1. The Labute approximate surface area is 171 Å². The first-order chi connectivity index (χ1) is 14.3. The second-order valence-corrected chi connectivity index (χ2v) is 7.47. The van der Waals surface area contributed by atoms with Gasteiger partial charge in [-0.15, -0.1) is 5.10 Å². The van der Waals surface area contributed by atoms with Crippen molar-refractivity contribution in [3.05, 3.63) is 53.1 Å². The van der Waals surface area contributed by atoms with Gasteiger partial charge in [-0.1, -0.05) is 18.2 Å². The number of pyridine rings is 1. The summed E-state index contributed by atoms with van der Waals surface area (Å²) in [6.45, 7) is 4.33. The molecule has 1 aliphatic rings. The van der Waals surface area contributed by atoms with E-state index in [4.69, 9.17) is 0 Å². The summed E-state index contributed by atoms with van der Waals surface area (Å²) in [6, 6.07) is 5.13. The van der Waals surface area contributed by atoms with Gasteiger partial charge in [-0.25, -0.2) is 17.6 Å². The summed E-state index contributed by atoms with van der Waals surface area (Å²) in [7, 11) is 0. The first kappa shape index (κ1) is 20.3. The largest absolute Gasteiger partial charge is 0.367 e. The second-order valence-electron chi connectivity index (χ2n) is 7.47. The molecule has 1 aliphatic heterocycles. The summed E-state index contributed by atoms with van der Waals surface area (Å²) >= 11 is 0. The Morgan fingerprint density at radius 3 is 2.67 bits per heavy atom. The average molecular weight is 419 g/mol. The number of aryl methyl sites for hydroxylation is 1. The molecule has 9 heteroatoms. The highest BCUT2D eigenvalue weighted by Gasteiger charge is 2.24. The summed E-state index contributed by atoms with van der Waals surface area (Å²) in [5.41, 5.74) is 1.45. The van der Waals surface area contributed by atoms with Gasteiger partial charge >= 0.3 is 0 Å². The molecule has 1 N–H and O–H groups in total. The van der Waals surface area contributed by atoms with Crippen LogP contribution in [0.2, 0.25) is 0 Å². The second kappa shape index (κ2) is 8.04. The van der Waals surface area contributed by atoms with Crippen LogP contribution in [0.25, 0.3) is 10.9 Å². The molecular formula is C21H21F4N5. The van der Waals surface area contributed by atoms with Gasteiger partial charge in [0.15, 0.2) is 5.82 Å². The highest BCUT2D eigenvalue weighted by Crippen LogP contribution is 2.32. The number of nitrogens with zero attached hydrogens (tertiary/aromatic N) is 4. The van der Waals surface area contributed by atoms with Crippen LogP contribution in [0, 0.1) is 12.7 Å². The fourth-order valence-electron chi connectivity index (χ4n) is 3.73. The molecule has 1 fully saturated rings. The molecule has 5 nitrogen and oxygen atoms in total. The van der Waals surface area contributed by atoms with E-state index in [9.17, 15) is 17.6 Å². The quantitative estimate of drug-likeness (QED) is 0.581. The number of anilines is 2. The van der Waals surface area contributed by atoms with Crippen LogP contribution < -0.4 is 10.2 Å². The van der Waals surface area contributed by atoms with Crippen LogP contribution in [-0.2, 0) is 0 Å². The first-order valence-electron chi connectivity index (χ1n) is 9.70. The number of aromatic nitrogens is 3. The fourth-order valence-corrected chi connectivity index (χ4v) is 3.73. The fraction of sp³-hybridized carbons (Fsp3) is 0.381. The number of halogens is 4. The molecule has 0 saturated carbocycles. The van der Waals surface area contributed by atoms with Crippen molar-refractivity contribution in [1.29, 1.82) is 0 Å². The minimum absolute atomic E-state index is 0.104. The monoisotopic (exact) mass is 419 g/mol. The summed E-state index contributed by atoms with van der Waals surface area (Å²) in [6.07, 6.45) is -1.63. The SMILES string of the molecule is Cc1nnc(N[C@H](C)c2cccc(C(F)F)c2F)c2cc(N3CC[C@@H](F)C3)cnc12. The predicted molar refractivity (Wildman–Crippen MR) is 107 cm³/mol. The standard InChI is InChI=1S/C21H21F4N5/c1-11(15-4-3-5-16(18(15)23)20(24)25)27-21-17-8-14(30-7-6-13(22)10-30)9-26-19(17)12(2)28-29-21/h3-5,8-9,11,13,20H,6-7,10H2,1-2H3,(H,27,29)/t11-,13-/m1/s1. The Kier molecular flexibility index (Phi) is 5.44. The third kappa shape index (κ3) is 3.76. The smallest absolute Gasteiger partial charge is 0.266 e. The van der Waals surface area contributed by atoms with Crippen molar-refractivity contribution in [2.24, 2.45) is 0 Å². The van der Waals surface area contributed by atoms with E-state index in [0.717, 1.165) is 11.8 Å². The number of hydrogen-bond acceptors (Lipinski definition) is 5. The molecule has 30 heavy (non-hydrogen) atoms. The third-order valence-electron chi connectivity index (χ3n) is 5.38. The van der Waals surface area contributed by atoms with E-state index in [2.05, 4.69) is 20.5 Å². The average Bonchev–Trinajstić information content (AvgIpc) is 3.16. The van der Waals surface area contributed by atoms with Crippen molar-refractivity contribution in [2.45, 2.75) is 38.9 Å². The highest BCUT2D eigenvalue weighted by molar-refractivity contribution is 5.92. The number of hydrogen-bond donors (Lipinski definition) is 1. The van der Waals surface area contributed by atoms with Gasteiger partial charge < -0.3 is 10.2 Å². The van der Waals surface area contributed by atoms with Crippen molar-refractivity contribution in [2.75, 3.05) is 23.3 Å². The van der Waals surface area contributed by atoms with Crippen LogP contribution in [0.1, 0.15) is 42.6 Å². The summed E-state index contributed by atoms with van der Waals surface area (Å²) in [4.78, 5) is 6.37. The maximum absolute atomic E-state index is 14.5. The molecule has 0 bridgehead atoms. The van der Waals surface area contributed by atoms with Gasteiger partial charge in [0.05, 0.1) is 34.7 Å². The van der Waals surface area contributed by atoms with Crippen molar-refractivity contribution < 1.29 is 17.6 Å². The van der Waals surface area contributed by atoms with E-state index in [1.54, 1.807) is 20.0 Å². The zero-order valence-electron chi connectivity index (χ0n) is 16.5. The third-order valence-corrected chi connectivity index (χ3v) is 5.38. The van der Waals surface area contributed by atoms with Gasteiger partial charge in [0.25, 0.3) is 6.43 Å². The minimum Gasteiger partial charge on any atom is -0.367 e. The van der Waals surface area contributed by atoms with E-state index < -0.39 is 30.0 Å². The summed E-state index contributed by atoms with van der Waals surface area (Å²) in [5, 5.41) is 12.0. The summed E-state index contributed by atoms with van der Waals surface area (Å²) < 4.78 is 54.3. The number of fused-ring (bicyclic) bond motifs is 1. The van der Waals surface area contributed by atoms with E-state index >= 15 is 0 Å². The lowest BCUT2D eigenvalue weighted by atomic mass is 10.0. The molecule has 158 valence electrons. The molecule has 4 rings (SSSR count). The van der Waals surface area contributed by atoms with E-state index in [-0.39, 0.29) is 5.56 Å². The number of nitrogens with one attached hydrogen (secondary N) is 1. The van der Waals surface area contributed by atoms with Gasteiger partial charge in [-0.3, -0.25) is 4.98 Å². The number of alkyl halides is 3. The molecule has 2 aromatic heterocycles. The molecule has 0 radical (unpaired) electrons. The van der Waals surface area contributed by atoms with E-state index in [1.807, 2.05) is 11.0 Å². The first-order valence-corrected chi connectivity index (χ1v) is 9.70. The summed E-state index contributed by atoms with van der Waals surface area (Å²) in [5.74, 6) is -0.586. The van der Waals surface area contributed by atoms with Gasteiger partial charge in [-0.05, 0) is 26.3 Å². The molecule has 3 aromatic rings. The molecule has 0 aliphatic carbocycles. The lowest BCUT2D eigenvalue weighted by Crippen LogP contribution is -2.20. The Bertz CT molecular complexity index is 1070. The van der Waals surface area contributed by atoms with Crippen LogP contribution in [0.5, 0.6) is 0 Å². The topological polar surface area (TPSA) is 53.9 Å². The highest BCUT2D eigenvalue weighted by atomic mass is 19.3. The van der Waals surface area contributed by atoms with Crippen LogP contribution in [0.3, 0.4) is 0 Å². The minimum atomic E-state index is -2.90. The van der Waals surface area contributed by atoms with Gasteiger partial charge in [0.2, 0.25) is 0 Å². The van der Waals surface area contributed by atoms with Crippen LogP contribution >= 0.6 is 0 Å². The Hall–Kier alpha value is -2.97. The lowest BCUT2D eigenvalue weighted by molar-refractivity contribution is 0.146. The normalized spacial score (nSPS) is 17.7. The van der Waals surface area contributed by atoms with E-state index in [1.165, 1.54) is 12.1 Å². The van der Waals surface area contributed by atoms with E-state index in [0.29, 0.717) is 41.9 Å². The molecule has 0 spiro atoms.